The van der Waals surface area contributed by atoms with Crippen molar-refractivity contribution in [3.63, 3.8) is 0 Å². The lowest BCUT2D eigenvalue weighted by atomic mass is 10.1. The maximum atomic E-state index is 12.0. The monoisotopic (exact) mass is 407 g/mol. The maximum Gasteiger partial charge on any atom is 0.238 e. The largest absolute Gasteiger partial charge is 0.355 e. The van der Waals surface area contributed by atoms with Gasteiger partial charge in [0.2, 0.25) is 11.8 Å². The molecule has 0 aliphatic rings. The molecule has 0 bridgehead atoms. The third-order valence-electron chi connectivity index (χ3n) is 3.89. The third-order valence-corrected chi connectivity index (χ3v) is 4.48. The molecule has 0 aromatic heterocycles. The Balaban J connectivity index is 1.69. The van der Waals surface area contributed by atoms with Crippen molar-refractivity contribution >= 4 is 40.7 Å². The number of carbonyl (C=O) groups is 2. The topological polar surface area (TPSA) is 61.4 Å². The highest BCUT2D eigenvalue weighted by Crippen LogP contribution is 2.21. The normalized spacial score (nSPS) is 10.7. The van der Waals surface area contributed by atoms with Gasteiger partial charge in [-0.15, -0.1) is 0 Å². The first-order valence-electron chi connectivity index (χ1n) is 8.59. The lowest BCUT2D eigenvalue weighted by molar-refractivity contribution is -0.122. The summed E-state index contributed by atoms with van der Waals surface area (Å²) < 4.78 is 0. The summed E-state index contributed by atoms with van der Waals surface area (Å²) >= 11 is 12.0. The highest BCUT2D eigenvalue weighted by molar-refractivity contribution is 6.35. The molecule has 0 saturated carbocycles. The molecular weight excluding hydrogens is 385 g/mol. The Morgan fingerprint density at radius 3 is 2.33 bits per heavy atom. The van der Waals surface area contributed by atoms with Crippen LogP contribution >= 0.6 is 23.2 Å². The van der Waals surface area contributed by atoms with E-state index in [1.54, 1.807) is 24.1 Å². The summed E-state index contributed by atoms with van der Waals surface area (Å²) in [6.07, 6.45) is 0.610. The van der Waals surface area contributed by atoms with Crippen molar-refractivity contribution < 1.29 is 9.59 Å². The van der Waals surface area contributed by atoms with Crippen LogP contribution in [-0.4, -0.2) is 43.4 Å². The van der Waals surface area contributed by atoms with E-state index >= 15 is 0 Å². The fourth-order valence-electron chi connectivity index (χ4n) is 2.50. The van der Waals surface area contributed by atoms with Crippen molar-refractivity contribution in [1.29, 1.82) is 0 Å². The van der Waals surface area contributed by atoms with Crippen LogP contribution in [0.5, 0.6) is 0 Å². The van der Waals surface area contributed by atoms with Crippen LogP contribution in [0.4, 0.5) is 5.69 Å². The van der Waals surface area contributed by atoms with Crippen molar-refractivity contribution in [1.82, 2.24) is 10.2 Å². The predicted octanol–water partition coefficient (Wildman–Crippen LogP) is 3.53. The molecule has 0 saturated heterocycles. The molecule has 0 aliphatic heterocycles. The molecule has 2 rings (SSSR count). The Kier molecular flexibility index (Phi) is 8.10. The molecule has 0 radical (unpaired) electrons. The lowest BCUT2D eigenvalue weighted by Gasteiger charge is -2.16. The van der Waals surface area contributed by atoms with E-state index in [9.17, 15) is 9.59 Å². The second-order valence-corrected chi connectivity index (χ2v) is 7.27. The molecule has 2 amide bonds. The minimum Gasteiger partial charge on any atom is -0.355 e. The Hall–Kier alpha value is -2.08. The number of hydrogen-bond donors (Lipinski definition) is 2. The number of anilines is 1. The van der Waals surface area contributed by atoms with Crippen molar-refractivity contribution in [3.8, 4) is 0 Å². The average molecular weight is 408 g/mol. The van der Waals surface area contributed by atoms with Gasteiger partial charge in [0.05, 0.1) is 13.1 Å². The van der Waals surface area contributed by atoms with Gasteiger partial charge in [-0.1, -0.05) is 47.0 Å². The van der Waals surface area contributed by atoms with Crippen molar-refractivity contribution in [2.75, 3.05) is 32.0 Å². The van der Waals surface area contributed by atoms with Crippen LogP contribution in [0.2, 0.25) is 10.0 Å². The van der Waals surface area contributed by atoms with Crippen molar-refractivity contribution in [2.24, 2.45) is 0 Å². The summed E-state index contributed by atoms with van der Waals surface area (Å²) in [7, 11) is 1.73. The van der Waals surface area contributed by atoms with E-state index in [0.717, 1.165) is 16.8 Å². The Bertz CT molecular complexity index is 794. The van der Waals surface area contributed by atoms with Gasteiger partial charge in [0.1, 0.15) is 0 Å². The van der Waals surface area contributed by atoms with Gasteiger partial charge in [0, 0.05) is 22.3 Å². The summed E-state index contributed by atoms with van der Waals surface area (Å²) in [5.74, 6) is -0.312. The number of amides is 2. The van der Waals surface area contributed by atoms with Gasteiger partial charge >= 0.3 is 0 Å². The van der Waals surface area contributed by atoms with Gasteiger partial charge in [-0.05, 0) is 50.2 Å². The van der Waals surface area contributed by atoms with Gasteiger partial charge in [-0.3, -0.25) is 14.5 Å². The summed E-state index contributed by atoms with van der Waals surface area (Å²) in [5, 5.41) is 6.81. The fraction of sp³-hybridized carbons (Fsp3) is 0.300. The third kappa shape index (κ3) is 7.59. The molecule has 144 valence electrons. The van der Waals surface area contributed by atoms with Gasteiger partial charge in [0.25, 0.3) is 0 Å². The van der Waals surface area contributed by atoms with E-state index in [0.29, 0.717) is 23.0 Å². The first-order valence-corrected chi connectivity index (χ1v) is 9.35. The minimum atomic E-state index is -0.165. The number of benzene rings is 2. The highest BCUT2D eigenvalue weighted by atomic mass is 35.5. The molecule has 0 heterocycles. The van der Waals surface area contributed by atoms with Crippen LogP contribution in [0.1, 0.15) is 11.1 Å². The van der Waals surface area contributed by atoms with E-state index in [4.69, 9.17) is 23.2 Å². The SMILES string of the molecule is Cc1ccc(NC(=O)CN(C)CC(=O)NCCc2ccc(Cl)cc2Cl)cc1. The number of nitrogens with zero attached hydrogens (tertiary/aromatic N) is 1. The number of likely N-dealkylation sites (N-methyl/N-ethyl adjacent to an activating group) is 1. The van der Waals surface area contributed by atoms with E-state index in [1.165, 1.54) is 0 Å². The number of aryl methyl sites for hydroxylation is 1. The quantitative estimate of drug-likeness (QED) is 0.703. The molecule has 5 nitrogen and oxygen atoms in total. The zero-order chi connectivity index (χ0) is 19.8. The number of carbonyl (C=O) groups excluding carboxylic acids is 2. The predicted molar refractivity (Wildman–Crippen MR) is 110 cm³/mol. The van der Waals surface area contributed by atoms with E-state index in [1.807, 2.05) is 37.3 Å². The molecule has 0 unspecified atom stereocenters. The highest BCUT2D eigenvalue weighted by Gasteiger charge is 2.11. The zero-order valence-electron chi connectivity index (χ0n) is 15.4. The first-order chi connectivity index (χ1) is 12.8. The smallest absolute Gasteiger partial charge is 0.238 e. The molecule has 27 heavy (non-hydrogen) atoms. The summed E-state index contributed by atoms with van der Waals surface area (Å²) in [5.41, 5.74) is 2.79. The molecule has 2 N–H and O–H groups in total. The molecule has 0 atom stereocenters. The molecule has 7 heteroatoms. The average Bonchev–Trinajstić information content (AvgIpc) is 2.58. The van der Waals surface area contributed by atoms with Gasteiger partial charge < -0.3 is 10.6 Å². The summed E-state index contributed by atoms with van der Waals surface area (Å²) in [6, 6.07) is 12.9. The summed E-state index contributed by atoms with van der Waals surface area (Å²) in [4.78, 5) is 25.7. The van der Waals surface area contributed by atoms with E-state index < -0.39 is 0 Å². The van der Waals surface area contributed by atoms with Crippen LogP contribution in [0, 0.1) is 6.92 Å². The standard InChI is InChI=1S/C20H23Cl2N3O2/c1-14-3-7-17(8-4-14)24-20(27)13-25(2)12-19(26)23-10-9-15-5-6-16(21)11-18(15)22/h3-8,11H,9-10,12-13H2,1-2H3,(H,23,26)(H,24,27). The minimum absolute atomic E-state index is 0.129. The van der Waals surface area contributed by atoms with E-state index in [-0.39, 0.29) is 24.9 Å². The second kappa shape index (κ2) is 10.3. The molecule has 0 spiro atoms. The van der Waals surface area contributed by atoms with Crippen LogP contribution in [-0.2, 0) is 16.0 Å². The number of hydrogen-bond acceptors (Lipinski definition) is 3. The van der Waals surface area contributed by atoms with Crippen LogP contribution in [0.25, 0.3) is 0 Å². The first kappa shape index (κ1) is 21.2. The Morgan fingerprint density at radius 1 is 1.00 bits per heavy atom. The number of halogens is 2. The van der Waals surface area contributed by atoms with Gasteiger partial charge in [0.15, 0.2) is 0 Å². The zero-order valence-corrected chi connectivity index (χ0v) is 16.9. The van der Waals surface area contributed by atoms with Crippen LogP contribution in [0.3, 0.4) is 0 Å². The molecule has 0 aliphatic carbocycles. The molecule has 2 aromatic carbocycles. The number of nitrogens with one attached hydrogen (secondary N) is 2. The summed E-state index contributed by atoms with van der Waals surface area (Å²) in [6.45, 7) is 2.71. The number of rotatable bonds is 8. The fourth-order valence-corrected chi connectivity index (χ4v) is 3.00. The Morgan fingerprint density at radius 2 is 1.67 bits per heavy atom. The van der Waals surface area contributed by atoms with Crippen LogP contribution in [0.15, 0.2) is 42.5 Å². The molecular formula is C20H23Cl2N3O2. The van der Waals surface area contributed by atoms with Crippen LogP contribution < -0.4 is 10.6 Å². The maximum absolute atomic E-state index is 12.0. The van der Waals surface area contributed by atoms with Gasteiger partial charge in [-0.2, -0.15) is 0 Å². The Labute approximate surface area is 169 Å². The van der Waals surface area contributed by atoms with Gasteiger partial charge in [-0.25, -0.2) is 0 Å². The van der Waals surface area contributed by atoms with Crippen molar-refractivity contribution in [2.45, 2.75) is 13.3 Å². The van der Waals surface area contributed by atoms with Crippen molar-refractivity contribution in [3.05, 3.63) is 63.6 Å². The molecule has 0 fully saturated rings. The molecule has 2 aromatic rings. The lowest BCUT2D eigenvalue weighted by Crippen LogP contribution is -2.39. The second-order valence-electron chi connectivity index (χ2n) is 6.42. The van der Waals surface area contributed by atoms with E-state index in [2.05, 4.69) is 10.6 Å².